The lowest BCUT2D eigenvalue weighted by molar-refractivity contribution is 0.641. The van der Waals surface area contributed by atoms with E-state index in [4.69, 9.17) is 11.6 Å². The summed E-state index contributed by atoms with van der Waals surface area (Å²) in [7, 11) is 0. The molecule has 0 fully saturated rings. The zero-order valence-electron chi connectivity index (χ0n) is 12.2. The molecule has 0 amide bonds. The maximum absolute atomic E-state index is 12.5. The Balaban J connectivity index is 2.30. The fourth-order valence-electron chi connectivity index (χ4n) is 2.24. The smallest absolute Gasteiger partial charge is 0.293 e. The SMILES string of the molecule is CCCn1ccnc(N(CCCl)Cc2ccccc2)c1=O. The number of anilines is 1. The second-order valence-electron chi connectivity index (χ2n) is 4.85. The first-order valence-corrected chi connectivity index (χ1v) is 7.70. The third kappa shape index (κ3) is 4.08. The Bertz CT molecular complexity index is 612. The van der Waals surface area contributed by atoms with Gasteiger partial charge in [-0.1, -0.05) is 37.3 Å². The molecule has 0 radical (unpaired) electrons. The van der Waals surface area contributed by atoms with E-state index in [0.717, 1.165) is 12.0 Å². The molecular formula is C16H20ClN3O. The van der Waals surface area contributed by atoms with Gasteiger partial charge >= 0.3 is 0 Å². The highest BCUT2D eigenvalue weighted by atomic mass is 35.5. The summed E-state index contributed by atoms with van der Waals surface area (Å²) >= 11 is 5.89. The second kappa shape index (κ2) is 7.84. The van der Waals surface area contributed by atoms with E-state index in [2.05, 4.69) is 4.98 Å². The number of alkyl halides is 1. The fourth-order valence-corrected chi connectivity index (χ4v) is 2.44. The van der Waals surface area contributed by atoms with Gasteiger partial charge in [0.15, 0.2) is 5.82 Å². The van der Waals surface area contributed by atoms with E-state index in [1.54, 1.807) is 17.0 Å². The minimum atomic E-state index is -0.0552. The van der Waals surface area contributed by atoms with Gasteiger partial charge in [-0.25, -0.2) is 4.98 Å². The van der Waals surface area contributed by atoms with Crippen molar-refractivity contribution in [3.63, 3.8) is 0 Å². The van der Waals surface area contributed by atoms with Gasteiger partial charge in [0, 0.05) is 37.9 Å². The average molecular weight is 306 g/mol. The highest BCUT2D eigenvalue weighted by molar-refractivity contribution is 6.18. The lowest BCUT2D eigenvalue weighted by Gasteiger charge is -2.22. The molecule has 2 aromatic rings. The zero-order chi connectivity index (χ0) is 15.1. The number of aromatic nitrogens is 2. The number of hydrogen-bond donors (Lipinski definition) is 0. The third-order valence-electron chi connectivity index (χ3n) is 3.23. The summed E-state index contributed by atoms with van der Waals surface area (Å²) in [5.74, 6) is 0.923. The highest BCUT2D eigenvalue weighted by Crippen LogP contribution is 2.10. The molecule has 21 heavy (non-hydrogen) atoms. The Morgan fingerprint density at radius 2 is 2.05 bits per heavy atom. The first-order chi connectivity index (χ1) is 10.3. The predicted octanol–water partition coefficient (Wildman–Crippen LogP) is 2.90. The van der Waals surface area contributed by atoms with Crippen LogP contribution < -0.4 is 10.5 Å². The van der Waals surface area contributed by atoms with Crippen LogP contribution in [0.4, 0.5) is 5.82 Å². The Morgan fingerprint density at radius 3 is 2.71 bits per heavy atom. The quantitative estimate of drug-likeness (QED) is 0.738. The fraction of sp³-hybridized carbons (Fsp3) is 0.375. The van der Waals surface area contributed by atoms with Crippen molar-refractivity contribution in [1.29, 1.82) is 0 Å². The molecule has 1 aromatic carbocycles. The van der Waals surface area contributed by atoms with E-state index in [9.17, 15) is 4.79 Å². The number of aryl methyl sites for hydroxylation is 1. The van der Waals surface area contributed by atoms with E-state index >= 15 is 0 Å². The molecule has 112 valence electrons. The summed E-state index contributed by atoms with van der Waals surface area (Å²) in [6.45, 7) is 3.97. The Morgan fingerprint density at radius 1 is 1.29 bits per heavy atom. The van der Waals surface area contributed by atoms with Gasteiger partial charge in [0.05, 0.1) is 0 Å². The molecular weight excluding hydrogens is 286 g/mol. The number of hydrogen-bond acceptors (Lipinski definition) is 3. The van der Waals surface area contributed by atoms with Crippen LogP contribution >= 0.6 is 11.6 Å². The molecule has 0 atom stereocenters. The van der Waals surface area contributed by atoms with E-state index < -0.39 is 0 Å². The largest absolute Gasteiger partial charge is 0.347 e. The van der Waals surface area contributed by atoms with Crippen molar-refractivity contribution in [3.05, 3.63) is 58.6 Å². The molecule has 0 aliphatic carbocycles. The van der Waals surface area contributed by atoms with Crippen LogP contribution in [0.3, 0.4) is 0 Å². The molecule has 0 N–H and O–H groups in total. The van der Waals surface area contributed by atoms with E-state index in [1.807, 2.05) is 42.2 Å². The van der Waals surface area contributed by atoms with Crippen LogP contribution in [0.2, 0.25) is 0 Å². The monoisotopic (exact) mass is 305 g/mol. The first-order valence-electron chi connectivity index (χ1n) is 7.16. The molecule has 0 unspecified atom stereocenters. The van der Waals surface area contributed by atoms with Crippen LogP contribution in [0.15, 0.2) is 47.5 Å². The average Bonchev–Trinajstić information content (AvgIpc) is 2.50. The van der Waals surface area contributed by atoms with Gasteiger partial charge in [-0.15, -0.1) is 11.6 Å². The van der Waals surface area contributed by atoms with Crippen LogP contribution in [0.1, 0.15) is 18.9 Å². The Kier molecular flexibility index (Phi) is 5.81. The number of rotatable bonds is 7. The summed E-state index contributed by atoms with van der Waals surface area (Å²) in [5.41, 5.74) is 1.08. The van der Waals surface area contributed by atoms with Crippen molar-refractivity contribution in [2.45, 2.75) is 26.4 Å². The summed E-state index contributed by atoms with van der Waals surface area (Å²) in [6.07, 6.45) is 4.33. The van der Waals surface area contributed by atoms with Gasteiger partial charge in [-0.2, -0.15) is 0 Å². The molecule has 2 rings (SSSR count). The zero-order valence-corrected chi connectivity index (χ0v) is 13.0. The van der Waals surface area contributed by atoms with Crippen LogP contribution in [0.25, 0.3) is 0 Å². The van der Waals surface area contributed by atoms with E-state index in [-0.39, 0.29) is 5.56 Å². The topological polar surface area (TPSA) is 38.1 Å². The summed E-state index contributed by atoms with van der Waals surface area (Å²) < 4.78 is 1.70. The molecule has 0 spiro atoms. The number of benzene rings is 1. The second-order valence-corrected chi connectivity index (χ2v) is 5.22. The normalized spacial score (nSPS) is 10.6. The molecule has 1 aromatic heterocycles. The van der Waals surface area contributed by atoms with E-state index in [1.165, 1.54) is 0 Å². The van der Waals surface area contributed by atoms with Crippen molar-refractivity contribution in [2.75, 3.05) is 17.3 Å². The summed E-state index contributed by atoms with van der Waals surface area (Å²) in [6, 6.07) is 10.0. The lowest BCUT2D eigenvalue weighted by atomic mass is 10.2. The molecule has 0 aliphatic rings. The maximum atomic E-state index is 12.5. The third-order valence-corrected chi connectivity index (χ3v) is 3.40. The minimum Gasteiger partial charge on any atom is -0.347 e. The number of halogens is 1. The van der Waals surface area contributed by atoms with Crippen molar-refractivity contribution in [3.8, 4) is 0 Å². The van der Waals surface area contributed by atoms with Crippen molar-refractivity contribution < 1.29 is 0 Å². The number of nitrogens with zero attached hydrogens (tertiary/aromatic N) is 3. The van der Waals surface area contributed by atoms with Gasteiger partial charge in [0.1, 0.15) is 0 Å². The molecule has 5 heteroatoms. The Labute approximate surface area is 130 Å². The Hall–Kier alpha value is -1.81. The van der Waals surface area contributed by atoms with Crippen LogP contribution in [0.5, 0.6) is 0 Å². The highest BCUT2D eigenvalue weighted by Gasteiger charge is 2.13. The molecule has 0 bridgehead atoms. The first kappa shape index (κ1) is 15.6. The van der Waals surface area contributed by atoms with Gasteiger partial charge in [-0.3, -0.25) is 4.79 Å². The molecule has 4 nitrogen and oxygen atoms in total. The minimum absolute atomic E-state index is 0.0552. The van der Waals surface area contributed by atoms with E-state index in [0.29, 0.717) is 31.3 Å². The standard InChI is InChI=1S/C16H20ClN3O/c1-2-10-19-12-9-18-15(16(19)21)20(11-8-17)13-14-6-4-3-5-7-14/h3-7,9,12H,2,8,10-11,13H2,1H3. The van der Waals surface area contributed by atoms with Crippen LogP contribution in [-0.2, 0) is 13.1 Å². The molecule has 1 heterocycles. The van der Waals surface area contributed by atoms with Gasteiger partial charge in [0.2, 0.25) is 0 Å². The predicted molar refractivity (Wildman–Crippen MR) is 87.0 cm³/mol. The van der Waals surface area contributed by atoms with Gasteiger partial charge in [-0.05, 0) is 12.0 Å². The van der Waals surface area contributed by atoms with Crippen LogP contribution in [-0.4, -0.2) is 22.0 Å². The lowest BCUT2D eigenvalue weighted by Crippen LogP contribution is -2.34. The molecule has 0 aliphatic heterocycles. The maximum Gasteiger partial charge on any atom is 0.293 e. The van der Waals surface area contributed by atoms with Crippen molar-refractivity contribution >= 4 is 17.4 Å². The summed E-state index contributed by atoms with van der Waals surface area (Å²) in [4.78, 5) is 18.7. The van der Waals surface area contributed by atoms with Crippen molar-refractivity contribution in [2.24, 2.45) is 0 Å². The van der Waals surface area contributed by atoms with Gasteiger partial charge < -0.3 is 9.47 Å². The van der Waals surface area contributed by atoms with Crippen molar-refractivity contribution in [1.82, 2.24) is 9.55 Å². The van der Waals surface area contributed by atoms with Gasteiger partial charge in [0.25, 0.3) is 5.56 Å². The van der Waals surface area contributed by atoms with Crippen LogP contribution in [0, 0.1) is 0 Å². The molecule has 0 saturated carbocycles. The summed E-state index contributed by atoms with van der Waals surface area (Å²) in [5, 5.41) is 0. The molecule has 0 saturated heterocycles.